The number of nitrogens with one attached hydrogen (secondary N) is 2. The van der Waals surface area contributed by atoms with Crippen LogP contribution in [0.1, 0.15) is 28.8 Å². The summed E-state index contributed by atoms with van der Waals surface area (Å²) in [7, 11) is 0. The van der Waals surface area contributed by atoms with E-state index in [4.69, 9.17) is 11.6 Å². The molecule has 8 heteroatoms. The molecular formula is C18H16ClN3O4. The summed E-state index contributed by atoms with van der Waals surface area (Å²) >= 11 is 5.84. The lowest BCUT2D eigenvalue weighted by atomic mass is 10.1. The first-order valence-electron chi connectivity index (χ1n) is 8.06. The van der Waals surface area contributed by atoms with Gasteiger partial charge >= 0.3 is 0 Å². The van der Waals surface area contributed by atoms with E-state index in [2.05, 4.69) is 10.6 Å². The normalized spacial score (nSPS) is 13.1. The fourth-order valence-corrected chi connectivity index (χ4v) is 2.62. The van der Waals surface area contributed by atoms with E-state index in [1.165, 1.54) is 18.2 Å². The molecule has 1 saturated carbocycles. The summed E-state index contributed by atoms with van der Waals surface area (Å²) in [6, 6.07) is 10.9. The van der Waals surface area contributed by atoms with Gasteiger partial charge in [0.05, 0.1) is 11.3 Å². The number of benzene rings is 2. The smallest absolute Gasteiger partial charge is 0.282 e. The van der Waals surface area contributed by atoms with Crippen molar-refractivity contribution in [1.29, 1.82) is 0 Å². The molecule has 2 amide bonds. The molecule has 2 N–H and O–H groups in total. The monoisotopic (exact) mass is 373 g/mol. The minimum atomic E-state index is -0.632. The van der Waals surface area contributed by atoms with Crippen molar-refractivity contribution >= 4 is 34.8 Å². The lowest BCUT2D eigenvalue weighted by molar-refractivity contribution is -0.385. The number of carbonyl (C=O) groups excluding carboxylic acids is 2. The Morgan fingerprint density at radius 1 is 1.15 bits per heavy atom. The van der Waals surface area contributed by atoms with Crippen molar-refractivity contribution in [2.75, 3.05) is 5.32 Å². The van der Waals surface area contributed by atoms with Gasteiger partial charge in [0, 0.05) is 22.8 Å². The molecule has 0 bridgehead atoms. The molecule has 7 nitrogen and oxygen atoms in total. The second-order valence-electron chi connectivity index (χ2n) is 6.09. The molecule has 0 spiro atoms. The average molecular weight is 374 g/mol. The number of hydrogen-bond donors (Lipinski definition) is 2. The summed E-state index contributed by atoms with van der Waals surface area (Å²) in [6.45, 7) is 0. The number of nitro benzene ring substituents is 1. The molecule has 0 atom stereocenters. The fraction of sp³-hybridized carbons (Fsp3) is 0.222. The second-order valence-corrected chi connectivity index (χ2v) is 6.52. The molecule has 1 fully saturated rings. The van der Waals surface area contributed by atoms with Gasteiger partial charge < -0.3 is 10.6 Å². The molecule has 0 radical (unpaired) electrons. The van der Waals surface area contributed by atoms with Gasteiger partial charge in [0.2, 0.25) is 5.91 Å². The van der Waals surface area contributed by atoms with Crippen molar-refractivity contribution in [3.8, 4) is 0 Å². The van der Waals surface area contributed by atoms with Gasteiger partial charge in [-0.15, -0.1) is 0 Å². The lowest BCUT2D eigenvalue weighted by Gasteiger charge is -2.08. The second kappa shape index (κ2) is 7.53. The number of amides is 2. The molecule has 3 rings (SSSR count). The van der Waals surface area contributed by atoms with Gasteiger partial charge in [-0.25, -0.2) is 0 Å². The van der Waals surface area contributed by atoms with Crippen LogP contribution in [0.2, 0.25) is 5.02 Å². The van der Waals surface area contributed by atoms with Crippen molar-refractivity contribution in [2.24, 2.45) is 0 Å². The van der Waals surface area contributed by atoms with Gasteiger partial charge in [-0.1, -0.05) is 23.7 Å². The average Bonchev–Trinajstić information content (AvgIpc) is 3.40. The summed E-state index contributed by atoms with van der Waals surface area (Å²) in [4.78, 5) is 34.6. The van der Waals surface area contributed by atoms with Crippen LogP contribution in [-0.2, 0) is 11.2 Å². The van der Waals surface area contributed by atoms with Crippen molar-refractivity contribution in [1.82, 2.24) is 5.32 Å². The van der Waals surface area contributed by atoms with Gasteiger partial charge in [0.25, 0.3) is 11.6 Å². The number of anilines is 1. The molecule has 0 heterocycles. The van der Waals surface area contributed by atoms with Crippen LogP contribution in [-0.4, -0.2) is 22.8 Å². The molecule has 1 aliphatic carbocycles. The predicted molar refractivity (Wildman–Crippen MR) is 97.4 cm³/mol. The first-order chi connectivity index (χ1) is 12.4. The van der Waals surface area contributed by atoms with Gasteiger partial charge in [-0.2, -0.15) is 0 Å². The van der Waals surface area contributed by atoms with Crippen LogP contribution in [0.3, 0.4) is 0 Å². The zero-order valence-electron chi connectivity index (χ0n) is 13.7. The van der Waals surface area contributed by atoms with Crippen molar-refractivity contribution in [3.63, 3.8) is 0 Å². The molecule has 0 unspecified atom stereocenters. The molecule has 2 aromatic rings. The van der Waals surface area contributed by atoms with Crippen LogP contribution in [0.5, 0.6) is 0 Å². The molecule has 1 aliphatic rings. The minimum absolute atomic E-state index is 0.0289. The SMILES string of the molecule is O=C(Cc1ccc(NC(=O)c2cc(Cl)ccc2[N+](=O)[O-])cc1)NC1CC1. The van der Waals surface area contributed by atoms with E-state index in [1.54, 1.807) is 24.3 Å². The topological polar surface area (TPSA) is 101 Å². The van der Waals surface area contributed by atoms with Crippen molar-refractivity contribution in [2.45, 2.75) is 25.3 Å². The standard InChI is InChI=1S/C18H16ClN3O4/c19-12-3-8-16(22(25)26)15(10-12)18(24)21-14-4-1-11(2-5-14)9-17(23)20-13-6-7-13/h1-5,8,10,13H,6-7,9H2,(H,20,23)(H,21,24). The number of nitrogens with zero attached hydrogens (tertiary/aromatic N) is 1. The van der Waals surface area contributed by atoms with E-state index in [1.807, 2.05) is 0 Å². The third kappa shape index (κ3) is 4.58. The first kappa shape index (κ1) is 17.9. The van der Waals surface area contributed by atoms with E-state index in [0.29, 0.717) is 11.7 Å². The molecular weight excluding hydrogens is 358 g/mol. The third-order valence-electron chi connectivity index (χ3n) is 3.92. The van der Waals surface area contributed by atoms with Crippen LogP contribution >= 0.6 is 11.6 Å². The van der Waals surface area contributed by atoms with Crippen molar-refractivity contribution in [3.05, 3.63) is 68.7 Å². The quantitative estimate of drug-likeness (QED) is 0.599. The maximum atomic E-state index is 12.3. The van der Waals surface area contributed by atoms with Crippen molar-refractivity contribution < 1.29 is 14.5 Å². The predicted octanol–water partition coefficient (Wildman–Crippen LogP) is 3.32. The van der Waals surface area contributed by atoms with E-state index >= 15 is 0 Å². The maximum Gasteiger partial charge on any atom is 0.282 e. The Kier molecular flexibility index (Phi) is 5.18. The summed E-state index contributed by atoms with van der Waals surface area (Å²) < 4.78 is 0. The largest absolute Gasteiger partial charge is 0.353 e. The lowest BCUT2D eigenvalue weighted by Crippen LogP contribution is -2.26. The van der Waals surface area contributed by atoms with Crippen LogP contribution in [0.15, 0.2) is 42.5 Å². The van der Waals surface area contributed by atoms with Crippen LogP contribution in [0.25, 0.3) is 0 Å². The van der Waals surface area contributed by atoms with Gasteiger partial charge in [-0.3, -0.25) is 19.7 Å². The number of carbonyl (C=O) groups is 2. The summed E-state index contributed by atoms with van der Waals surface area (Å²) in [5, 5.41) is 16.8. The van der Waals surface area contributed by atoms with Crippen LogP contribution < -0.4 is 10.6 Å². The van der Waals surface area contributed by atoms with E-state index < -0.39 is 10.8 Å². The third-order valence-corrected chi connectivity index (χ3v) is 4.15. The first-order valence-corrected chi connectivity index (χ1v) is 8.44. The Morgan fingerprint density at radius 3 is 2.46 bits per heavy atom. The highest BCUT2D eigenvalue weighted by molar-refractivity contribution is 6.31. The zero-order valence-corrected chi connectivity index (χ0v) is 14.5. The van der Waals surface area contributed by atoms with E-state index in [0.717, 1.165) is 18.4 Å². The molecule has 0 saturated heterocycles. The molecule has 134 valence electrons. The Hall–Kier alpha value is -2.93. The number of rotatable bonds is 6. The zero-order chi connectivity index (χ0) is 18.7. The molecule has 2 aromatic carbocycles. The summed E-state index contributed by atoms with van der Waals surface area (Å²) in [5.41, 5.74) is 0.848. The van der Waals surface area contributed by atoms with Crippen LogP contribution in [0.4, 0.5) is 11.4 Å². The Bertz CT molecular complexity index is 863. The maximum absolute atomic E-state index is 12.3. The Balaban J connectivity index is 1.67. The highest BCUT2D eigenvalue weighted by Crippen LogP contribution is 2.24. The molecule has 0 aromatic heterocycles. The Morgan fingerprint density at radius 2 is 1.85 bits per heavy atom. The molecule has 26 heavy (non-hydrogen) atoms. The number of hydrogen-bond acceptors (Lipinski definition) is 4. The number of nitro groups is 1. The summed E-state index contributed by atoms with van der Waals surface area (Å²) in [6.07, 6.45) is 2.34. The highest BCUT2D eigenvalue weighted by atomic mass is 35.5. The molecule has 0 aliphatic heterocycles. The van der Waals surface area contributed by atoms with Gasteiger partial charge in [0.15, 0.2) is 0 Å². The van der Waals surface area contributed by atoms with Gasteiger partial charge in [0.1, 0.15) is 5.56 Å². The van der Waals surface area contributed by atoms with Gasteiger partial charge in [-0.05, 0) is 42.7 Å². The Labute approximate surface area is 154 Å². The van der Waals surface area contributed by atoms with Crippen LogP contribution in [0, 0.1) is 10.1 Å². The minimum Gasteiger partial charge on any atom is -0.353 e. The van der Waals surface area contributed by atoms with E-state index in [9.17, 15) is 19.7 Å². The number of halogens is 1. The fourth-order valence-electron chi connectivity index (χ4n) is 2.45. The highest BCUT2D eigenvalue weighted by Gasteiger charge is 2.23. The van der Waals surface area contributed by atoms with E-state index in [-0.39, 0.29) is 28.6 Å². The summed E-state index contributed by atoms with van der Waals surface area (Å²) in [5.74, 6) is -0.655.